The van der Waals surface area contributed by atoms with Crippen LogP contribution in [0.3, 0.4) is 0 Å². The molecule has 2 aromatic heterocycles. The number of fused-ring (bicyclic) bond motifs is 1. The highest BCUT2D eigenvalue weighted by Crippen LogP contribution is 2.44. The average molecular weight is 883 g/mol. The zero-order chi connectivity index (χ0) is 43.8. The second-order valence-corrected chi connectivity index (χ2v) is 19.5. The number of halogens is 1. The van der Waals surface area contributed by atoms with Gasteiger partial charge in [-0.25, -0.2) is 18.1 Å². The summed E-state index contributed by atoms with van der Waals surface area (Å²) in [6.45, 7) is 9.36. The van der Waals surface area contributed by atoms with E-state index in [1.165, 1.54) is 35.0 Å². The number of nitrogen functional groups attached to an aromatic ring is 1. The molecule has 4 heterocycles. The summed E-state index contributed by atoms with van der Waals surface area (Å²) in [5, 5.41) is 13.8. The third-order valence-electron chi connectivity index (χ3n) is 12.3. The number of aromatic amines is 1. The minimum atomic E-state index is -4.73. The van der Waals surface area contributed by atoms with E-state index in [-0.39, 0.29) is 28.7 Å². The number of nitro groups is 1. The van der Waals surface area contributed by atoms with E-state index in [2.05, 4.69) is 50.5 Å². The van der Waals surface area contributed by atoms with Gasteiger partial charge >= 0.3 is 0 Å². The normalized spacial score (nSPS) is 18.2. The number of rotatable bonds is 12. The van der Waals surface area contributed by atoms with Crippen molar-refractivity contribution < 1.29 is 27.6 Å². The Morgan fingerprint density at radius 2 is 1.77 bits per heavy atom. The van der Waals surface area contributed by atoms with Crippen LogP contribution < -0.4 is 25.8 Å². The van der Waals surface area contributed by atoms with E-state index in [1.54, 1.807) is 24.4 Å². The third-order valence-corrected chi connectivity index (χ3v) is 14.0. The Labute approximate surface area is 365 Å². The van der Waals surface area contributed by atoms with Crippen molar-refractivity contribution in [3.63, 3.8) is 0 Å². The molecule has 3 aliphatic rings. The first kappa shape index (κ1) is 43.1. The number of hydrogen-bond acceptors (Lipinski definition) is 12. The van der Waals surface area contributed by atoms with Crippen molar-refractivity contribution in [3.8, 4) is 11.5 Å². The Balaban J connectivity index is 1.03. The summed E-state index contributed by atoms with van der Waals surface area (Å²) in [5.74, 6) is -0.591. The van der Waals surface area contributed by atoms with Crippen LogP contribution in [0.1, 0.15) is 67.4 Å². The molecule has 5 aromatic rings. The molecular formula is C45H51ClN8O7S. The molecule has 2 aliphatic heterocycles. The molecule has 326 valence electrons. The molecule has 0 atom stereocenters. The van der Waals surface area contributed by atoms with Gasteiger partial charge in [0.2, 0.25) is 0 Å². The Hall–Kier alpha value is -5.52. The predicted molar refractivity (Wildman–Crippen MR) is 240 cm³/mol. The van der Waals surface area contributed by atoms with Gasteiger partial charge in [-0.1, -0.05) is 49.2 Å². The van der Waals surface area contributed by atoms with Crippen LogP contribution in [-0.2, 0) is 21.2 Å². The quantitative estimate of drug-likeness (QED) is 0.0547. The first-order chi connectivity index (χ1) is 29.6. The largest absolute Gasteiger partial charge is 0.455 e. The average Bonchev–Trinajstić information content (AvgIpc) is 3.70. The number of allylic oxidation sites excluding steroid dienone is 1. The number of sulfonamides is 1. The maximum Gasteiger partial charge on any atom is 0.296 e. The Morgan fingerprint density at radius 3 is 2.50 bits per heavy atom. The summed E-state index contributed by atoms with van der Waals surface area (Å²) in [6.07, 6.45) is 7.46. The van der Waals surface area contributed by atoms with Gasteiger partial charge in [-0.3, -0.25) is 19.8 Å². The molecule has 1 amide bonds. The number of nitro benzene ring substituents is 1. The number of nitrogens with one attached hydrogen (secondary N) is 2. The first-order valence-electron chi connectivity index (χ1n) is 20.8. The number of aromatic nitrogens is 2. The van der Waals surface area contributed by atoms with E-state index >= 15 is 0 Å². The van der Waals surface area contributed by atoms with E-state index in [9.17, 15) is 23.3 Å². The predicted octanol–water partition coefficient (Wildman–Crippen LogP) is 7.45. The van der Waals surface area contributed by atoms with E-state index in [4.69, 9.17) is 32.5 Å². The molecule has 0 radical (unpaired) electrons. The lowest BCUT2D eigenvalue weighted by molar-refractivity contribution is -0.384. The molecule has 2 saturated heterocycles. The van der Waals surface area contributed by atoms with Gasteiger partial charge in [0.15, 0.2) is 0 Å². The van der Waals surface area contributed by atoms with E-state index in [0.29, 0.717) is 50.5 Å². The fourth-order valence-electron chi connectivity index (χ4n) is 8.77. The van der Waals surface area contributed by atoms with Crippen LogP contribution in [-0.4, -0.2) is 85.6 Å². The van der Waals surface area contributed by atoms with Gasteiger partial charge in [-0.15, -0.1) is 0 Å². The summed E-state index contributed by atoms with van der Waals surface area (Å²) in [4.78, 5) is 37.1. The number of pyridine rings is 1. The molecule has 0 spiro atoms. The fourth-order valence-corrected chi connectivity index (χ4v) is 10.00. The molecule has 0 saturated carbocycles. The topological polar surface area (TPSA) is 212 Å². The molecule has 0 bridgehead atoms. The van der Waals surface area contributed by atoms with Gasteiger partial charge in [0, 0.05) is 85.4 Å². The van der Waals surface area contributed by atoms with E-state index in [1.807, 2.05) is 18.2 Å². The summed E-state index contributed by atoms with van der Waals surface area (Å²) >= 11 is 6.24. The van der Waals surface area contributed by atoms with Crippen molar-refractivity contribution >= 4 is 61.2 Å². The van der Waals surface area contributed by atoms with Gasteiger partial charge < -0.3 is 30.8 Å². The lowest BCUT2D eigenvalue weighted by Crippen LogP contribution is -2.47. The fraction of sp³-hybridized carbons (Fsp3) is 0.378. The second kappa shape index (κ2) is 17.3. The van der Waals surface area contributed by atoms with E-state index < -0.39 is 42.7 Å². The zero-order valence-electron chi connectivity index (χ0n) is 34.8. The van der Waals surface area contributed by atoms with Crippen molar-refractivity contribution in [2.75, 3.05) is 56.6 Å². The number of carbonyl (C=O) groups is 1. The SMILES string of the molecule is CC1(C)CCC(CN2CCN(c3ccc(C(=O)NS(=O)(=O)c4ccc(CC5(N)CCOCC5)c([N+](=O)[O-])c4N)c(Oc4cnc5[nH]ccc5c4)c3)CC2)=C(c2ccc(Cl)cc2)C1. The van der Waals surface area contributed by atoms with Crippen molar-refractivity contribution in [3.05, 3.63) is 117 Å². The molecule has 0 unspecified atom stereocenters. The summed E-state index contributed by atoms with van der Waals surface area (Å²) in [6, 6.07) is 19.2. The van der Waals surface area contributed by atoms with Gasteiger partial charge in [0.25, 0.3) is 21.6 Å². The van der Waals surface area contributed by atoms with Gasteiger partial charge in [0.05, 0.1) is 16.7 Å². The molecule has 17 heteroatoms. The Morgan fingerprint density at radius 1 is 1.03 bits per heavy atom. The monoisotopic (exact) mass is 882 g/mol. The second-order valence-electron chi connectivity index (χ2n) is 17.4. The number of carbonyl (C=O) groups excluding carboxylic acids is 1. The highest BCUT2D eigenvalue weighted by molar-refractivity contribution is 7.90. The van der Waals surface area contributed by atoms with Crippen LogP contribution in [0.5, 0.6) is 11.5 Å². The van der Waals surface area contributed by atoms with Crippen LogP contribution in [0.2, 0.25) is 5.02 Å². The van der Waals surface area contributed by atoms with Gasteiger partial charge in [-0.2, -0.15) is 0 Å². The van der Waals surface area contributed by atoms with Crippen LogP contribution in [0.4, 0.5) is 17.1 Å². The first-order valence-corrected chi connectivity index (χ1v) is 22.6. The maximum atomic E-state index is 14.0. The van der Waals surface area contributed by atoms with Crippen molar-refractivity contribution in [2.24, 2.45) is 11.1 Å². The molecule has 3 aromatic carbocycles. The Kier molecular flexibility index (Phi) is 12.1. The van der Waals surface area contributed by atoms with Crippen LogP contribution in [0, 0.1) is 15.5 Å². The lowest BCUT2D eigenvalue weighted by Gasteiger charge is -2.39. The number of anilines is 2. The Bertz CT molecular complexity index is 2650. The molecule has 8 rings (SSSR count). The highest BCUT2D eigenvalue weighted by atomic mass is 35.5. The van der Waals surface area contributed by atoms with Crippen molar-refractivity contribution in [1.82, 2.24) is 19.6 Å². The number of benzene rings is 3. The summed E-state index contributed by atoms with van der Waals surface area (Å²) in [5.41, 5.74) is 16.7. The van der Waals surface area contributed by atoms with Crippen LogP contribution >= 0.6 is 11.6 Å². The summed E-state index contributed by atoms with van der Waals surface area (Å²) in [7, 11) is -4.73. The molecule has 6 N–H and O–H groups in total. The van der Waals surface area contributed by atoms with Crippen molar-refractivity contribution in [1.29, 1.82) is 0 Å². The molecule has 15 nitrogen and oxygen atoms in total. The van der Waals surface area contributed by atoms with E-state index in [0.717, 1.165) is 61.1 Å². The van der Waals surface area contributed by atoms with Crippen molar-refractivity contribution in [2.45, 2.75) is 62.8 Å². The lowest BCUT2D eigenvalue weighted by atomic mass is 9.72. The number of ether oxygens (including phenoxy) is 2. The number of amides is 1. The van der Waals surface area contributed by atoms with Gasteiger partial charge in [0.1, 0.15) is 27.7 Å². The molecular weight excluding hydrogens is 832 g/mol. The number of nitrogens with two attached hydrogens (primary N) is 2. The molecule has 2 fully saturated rings. The highest BCUT2D eigenvalue weighted by Gasteiger charge is 2.35. The smallest absolute Gasteiger partial charge is 0.296 e. The van der Waals surface area contributed by atoms with Crippen LogP contribution in [0.25, 0.3) is 16.6 Å². The molecule has 62 heavy (non-hydrogen) atoms. The minimum Gasteiger partial charge on any atom is -0.455 e. The summed E-state index contributed by atoms with van der Waals surface area (Å²) < 4.78 is 41.5. The number of piperazine rings is 1. The number of hydrogen-bond donors (Lipinski definition) is 4. The maximum absolute atomic E-state index is 14.0. The molecule has 1 aliphatic carbocycles. The third kappa shape index (κ3) is 9.44. The van der Waals surface area contributed by atoms with Gasteiger partial charge in [-0.05, 0) is 97.5 Å². The van der Waals surface area contributed by atoms with Crippen LogP contribution in [0.15, 0.2) is 89.6 Å². The zero-order valence-corrected chi connectivity index (χ0v) is 36.4. The minimum absolute atomic E-state index is 0.0821. The number of H-pyrrole nitrogens is 1. The number of nitrogens with zero attached hydrogens (tertiary/aromatic N) is 4. The standard InChI is InChI=1S/C45H51ClN8O7S/c1-44(2)13-11-32(37(26-44)29-3-6-33(46)7-4-29)28-52-17-19-53(20-18-52)34-8-9-36(38(24-34)61-35-23-30-12-16-49-42(30)50-27-35)43(55)51-62(58,59)39-10-5-31(41(40(39)47)54(56)57)25-45(48)14-21-60-22-15-45/h3-10,12,16,23-24,27H,11,13-15,17-22,25-26,28,47-48H2,1-2H3,(H,49,50)(H,51,55).